The van der Waals surface area contributed by atoms with Crippen LogP contribution in [0.3, 0.4) is 0 Å². The molecule has 0 spiro atoms. The first-order chi connectivity index (χ1) is 7.36. The molecule has 76 valence electrons. The van der Waals surface area contributed by atoms with Crippen molar-refractivity contribution in [3.63, 3.8) is 0 Å². The first kappa shape index (κ1) is 9.86. The van der Waals surface area contributed by atoms with Gasteiger partial charge in [-0.25, -0.2) is 4.37 Å². The smallest absolute Gasteiger partial charge is 0.263 e. The summed E-state index contributed by atoms with van der Waals surface area (Å²) in [5, 5.41) is 2.83. The third-order valence-electron chi connectivity index (χ3n) is 1.96. The molecule has 1 heterocycles. The highest BCUT2D eigenvalue weighted by atomic mass is 32.1. The number of amides is 1. The molecule has 0 unspecified atom stereocenters. The summed E-state index contributed by atoms with van der Waals surface area (Å²) in [6.45, 7) is 0.553. The van der Waals surface area contributed by atoms with E-state index < -0.39 is 0 Å². The maximum atomic E-state index is 11.5. The minimum atomic E-state index is -0.0682. The maximum Gasteiger partial charge on any atom is 0.263 e. The third-order valence-corrected chi connectivity index (χ3v) is 2.70. The Bertz CT molecular complexity index is 425. The summed E-state index contributed by atoms with van der Waals surface area (Å²) in [6, 6.07) is 11.5. The molecule has 0 bridgehead atoms. The van der Waals surface area contributed by atoms with Gasteiger partial charge in [0, 0.05) is 12.7 Å². The van der Waals surface area contributed by atoms with E-state index >= 15 is 0 Å². The zero-order chi connectivity index (χ0) is 10.5. The molecule has 1 aromatic carbocycles. The summed E-state index contributed by atoms with van der Waals surface area (Å²) in [5.74, 6) is -0.0682. The molecular weight excluding hydrogens is 208 g/mol. The summed E-state index contributed by atoms with van der Waals surface area (Å²) < 4.78 is 3.88. The molecule has 15 heavy (non-hydrogen) atoms. The Morgan fingerprint density at radius 1 is 1.27 bits per heavy atom. The Kier molecular flexibility index (Phi) is 3.09. The highest BCUT2D eigenvalue weighted by molar-refractivity contribution is 7.08. The second-order valence-electron chi connectivity index (χ2n) is 3.04. The van der Waals surface area contributed by atoms with Crippen LogP contribution in [0.2, 0.25) is 0 Å². The second kappa shape index (κ2) is 4.70. The van der Waals surface area contributed by atoms with Crippen molar-refractivity contribution in [2.75, 3.05) is 0 Å². The van der Waals surface area contributed by atoms with Gasteiger partial charge >= 0.3 is 0 Å². The summed E-state index contributed by atoms with van der Waals surface area (Å²) in [4.78, 5) is 12.2. The van der Waals surface area contributed by atoms with Gasteiger partial charge in [0.1, 0.15) is 4.88 Å². The molecular formula is C11H10N2OS. The number of nitrogens with one attached hydrogen (secondary N) is 1. The van der Waals surface area contributed by atoms with E-state index in [0.29, 0.717) is 11.4 Å². The van der Waals surface area contributed by atoms with Crippen molar-refractivity contribution in [3.8, 4) is 0 Å². The number of aromatic nitrogens is 1. The molecule has 0 aliphatic carbocycles. The van der Waals surface area contributed by atoms with Gasteiger partial charge in [0.15, 0.2) is 0 Å². The molecule has 0 saturated heterocycles. The standard InChI is InChI=1S/C11H10N2OS/c14-11(10-6-7-13-15-10)12-8-9-4-2-1-3-5-9/h1-7H,8H2,(H,12,14). The van der Waals surface area contributed by atoms with Gasteiger partial charge in [0.2, 0.25) is 0 Å². The molecule has 2 aromatic rings. The van der Waals surface area contributed by atoms with Crippen LogP contribution in [0, 0.1) is 0 Å². The molecule has 1 aromatic heterocycles. The molecule has 1 N–H and O–H groups in total. The van der Waals surface area contributed by atoms with Crippen LogP contribution in [-0.2, 0) is 6.54 Å². The Hall–Kier alpha value is -1.68. The van der Waals surface area contributed by atoms with Crippen LogP contribution in [0.5, 0.6) is 0 Å². The lowest BCUT2D eigenvalue weighted by Crippen LogP contribution is -2.21. The van der Waals surface area contributed by atoms with E-state index in [1.165, 1.54) is 11.5 Å². The number of carbonyl (C=O) groups is 1. The predicted molar refractivity (Wildman–Crippen MR) is 59.7 cm³/mol. The third kappa shape index (κ3) is 2.63. The highest BCUT2D eigenvalue weighted by Gasteiger charge is 2.05. The molecule has 1 amide bonds. The lowest BCUT2D eigenvalue weighted by atomic mass is 10.2. The van der Waals surface area contributed by atoms with E-state index in [4.69, 9.17) is 0 Å². The van der Waals surface area contributed by atoms with Gasteiger partial charge in [-0.2, -0.15) is 0 Å². The van der Waals surface area contributed by atoms with Gasteiger partial charge < -0.3 is 5.32 Å². The molecule has 0 saturated carbocycles. The summed E-state index contributed by atoms with van der Waals surface area (Å²) in [5.41, 5.74) is 1.09. The fourth-order valence-electron chi connectivity index (χ4n) is 1.20. The first-order valence-corrected chi connectivity index (χ1v) is 5.36. The van der Waals surface area contributed by atoms with Gasteiger partial charge in [-0.05, 0) is 23.2 Å². The molecule has 2 rings (SSSR count). The van der Waals surface area contributed by atoms with Crippen molar-refractivity contribution in [2.45, 2.75) is 6.54 Å². The summed E-state index contributed by atoms with van der Waals surface area (Å²) in [7, 11) is 0. The van der Waals surface area contributed by atoms with E-state index in [0.717, 1.165) is 5.56 Å². The number of rotatable bonds is 3. The Labute approximate surface area is 91.9 Å². The SMILES string of the molecule is O=C(NCc1ccccc1)c1ccns1. The molecule has 0 fully saturated rings. The predicted octanol–water partition coefficient (Wildman–Crippen LogP) is 2.07. The fourth-order valence-corrected chi connectivity index (χ4v) is 1.71. The van der Waals surface area contributed by atoms with E-state index in [9.17, 15) is 4.79 Å². The number of benzene rings is 1. The molecule has 0 radical (unpaired) electrons. The average molecular weight is 218 g/mol. The van der Waals surface area contributed by atoms with Crippen LogP contribution in [0.1, 0.15) is 15.2 Å². The highest BCUT2D eigenvalue weighted by Crippen LogP contribution is 2.04. The van der Waals surface area contributed by atoms with Crippen LogP contribution in [0.4, 0.5) is 0 Å². The van der Waals surface area contributed by atoms with E-state index in [1.807, 2.05) is 30.3 Å². The van der Waals surface area contributed by atoms with Crippen molar-refractivity contribution in [3.05, 3.63) is 53.0 Å². The van der Waals surface area contributed by atoms with Crippen molar-refractivity contribution in [2.24, 2.45) is 0 Å². The van der Waals surface area contributed by atoms with E-state index in [-0.39, 0.29) is 5.91 Å². The van der Waals surface area contributed by atoms with Crippen molar-refractivity contribution < 1.29 is 4.79 Å². The lowest BCUT2D eigenvalue weighted by Gasteiger charge is -2.02. The fraction of sp³-hybridized carbons (Fsp3) is 0.0909. The second-order valence-corrected chi connectivity index (χ2v) is 3.88. The Balaban J connectivity index is 1.92. The maximum absolute atomic E-state index is 11.5. The van der Waals surface area contributed by atoms with Gasteiger partial charge in [0.25, 0.3) is 5.91 Å². The first-order valence-electron chi connectivity index (χ1n) is 4.59. The normalized spacial score (nSPS) is 9.87. The van der Waals surface area contributed by atoms with Crippen LogP contribution in [0.25, 0.3) is 0 Å². The lowest BCUT2D eigenvalue weighted by molar-refractivity contribution is 0.0955. The molecule has 3 nitrogen and oxygen atoms in total. The molecule has 0 aliphatic heterocycles. The van der Waals surface area contributed by atoms with Gasteiger partial charge in [0.05, 0.1) is 0 Å². The molecule has 4 heteroatoms. The van der Waals surface area contributed by atoms with Gasteiger partial charge in [-0.3, -0.25) is 4.79 Å². The molecule has 0 atom stereocenters. The minimum absolute atomic E-state index is 0.0682. The van der Waals surface area contributed by atoms with Gasteiger partial charge in [-0.15, -0.1) is 0 Å². The summed E-state index contributed by atoms with van der Waals surface area (Å²) in [6.07, 6.45) is 1.63. The minimum Gasteiger partial charge on any atom is -0.347 e. The van der Waals surface area contributed by atoms with E-state index in [2.05, 4.69) is 9.69 Å². The largest absolute Gasteiger partial charge is 0.347 e. The molecule has 0 aliphatic rings. The average Bonchev–Trinajstić information content (AvgIpc) is 2.81. The Morgan fingerprint density at radius 3 is 2.73 bits per heavy atom. The zero-order valence-corrected chi connectivity index (χ0v) is 8.83. The quantitative estimate of drug-likeness (QED) is 0.857. The van der Waals surface area contributed by atoms with Crippen LogP contribution in [-0.4, -0.2) is 10.3 Å². The Morgan fingerprint density at radius 2 is 2.07 bits per heavy atom. The van der Waals surface area contributed by atoms with E-state index in [1.54, 1.807) is 12.3 Å². The van der Waals surface area contributed by atoms with Crippen LogP contribution in [0.15, 0.2) is 42.6 Å². The van der Waals surface area contributed by atoms with Crippen molar-refractivity contribution in [1.82, 2.24) is 9.69 Å². The van der Waals surface area contributed by atoms with Crippen LogP contribution < -0.4 is 5.32 Å². The number of carbonyl (C=O) groups excluding carboxylic acids is 1. The monoisotopic (exact) mass is 218 g/mol. The zero-order valence-electron chi connectivity index (χ0n) is 8.01. The van der Waals surface area contributed by atoms with Crippen LogP contribution >= 0.6 is 11.5 Å². The number of nitrogens with zero attached hydrogens (tertiary/aromatic N) is 1. The van der Waals surface area contributed by atoms with Crippen molar-refractivity contribution >= 4 is 17.4 Å². The number of hydrogen-bond donors (Lipinski definition) is 1. The summed E-state index contributed by atoms with van der Waals surface area (Å²) >= 11 is 1.20. The number of hydrogen-bond acceptors (Lipinski definition) is 3. The van der Waals surface area contributed by atoms with Gasteiger partial charge in [-0.1, -0.05) is 30.3 Å². The van der Waals surface area contributed by atoms with Crippen molar-refractivity contribution in [1.29, 1.82) is 0 Å². The topological polar surface area (TPSA) is 42.0 Å².